The number of nitrogens with one attached hydrogen (secondary N) is 2. The molecule has 0 atom stereocenters. The molecular formula is C14H16ClFN2O4. The third-order valence-corrected chi connectivity index (χ3v) is 2.83. The van der Waals surface area contributed by atoms with Crippen LogP contribution in [0.15, 0.2) is 18.2 Å². The van der Waals surface area contributed by atoms with Crippen molar-refractivity contribution in [2.45, 2.75) is 13.3 Å². The number of hydrogen-bond donors (Lipinski definition) is 2. The largest absolute Gasteiger partial charge is 0.452 e. The molecule has 0 bridgehead atoms. The molecule has 0 spiro atoms. The molecule has 8 heteroatoms. The predicted molar refractivity (Wildman–Crippen MR) is 78.0 cm³/mol. The average molecular weight is 331 g/mol. The highest BCUT2D eigenvalue weighted by Crippen LogP contribution is 2.19. The molecule has 0 aliphatic carbocycles. The Bertz CT molecular complexity index is 546. The van der Waals surface area contributed by atoms with Gasteiger partial charge in [0.05, 0.1) is 11.6 Å². The first-order chi connectivity index (χ1) is 10.5. The second kappa shape index (κ2) is 8.99. The van der Waals surface area contributed by atoms with Gasteiger partial charge in [-0.1, -0.05) is 24.6 Å². The number of benzene rings is 1. The monoisotopic (exact) mass is 330 g/mol. The summed E-state index contributed by atoms with van der Waals surface area (Å²) in [7, 11) is 0. The SMILES string of the molecule is CCCNC(=O)CNC(=O)COC(=O)c1c(F)cccc1Cl. The van der Waals surface area contributed by atoms with E-state index in [0.29, 0.717) is 6.54 Å². The van der Waals surface area contributed by atoms with Crippen molar-refractivity contribution >= 4 is 29.4 Å². The van der Waals surface area contributed by atoms with Crippen LogP contribution in [-0.2, 0) is 14.3 Å². The quantitative estimate of drug-likeness (QED) is 0.738. The molecule has 0 aliphatic heterocycles. The second-order valence-electron chi connectivity index (χ2n) is 4.30. The lowest BCUT2D eigenvalue weighted by atomic mass is 10.2. The molecule has 0 aromatic heterocycles. The third kappa shape index (κ3) is 5.69. The maximum atomic E-state index is 13.5. The van der Waals surface area contributed by atoms with Crippen LogP contribution in [0.5, 0.6) is 0 Å². The zero-order valence-electron chi connectivity index (χ0n) is 11.9. The van der Waals surface area contributed by atoms with Crippen LogP contribution in [0.1, 0.15) is 23.7 Å². The molecule has 2 amide bonds. The van der Waals surface area contributed by atoms with Gasteiger partial charge >= 0.3 is 5.97 Å². The van der Waals surface area contributed by atoms with E-state index < -0.39 is 29.9 Å². The Kier molecular flexibility index (Phi) is 7.31. The van der Waals surface area contributed by atoms with Crippen LogP contribution in [0, 0.1) is 5.82 Å². The van der Waals surface area contributed by atoms with Gasteiger partial charge in [0.1, 0.15) is 11.4 Å². The molecular weight excluding hydrogens is 315 g/mol. The van der Waals surface area contributed by atoms with Gasteiger partial charge in [-0.25, -0.2) is 9.18 Å². The van der Waals surface area contributed by atoms with Crippen molar-refractivity contribution in [2.75, 3.05) is 19.7 Å². The number of ether oxygens (including phenoxy) is 1. The van der Waals surface area contributed by atoms with Crippen molar-refractivity contribution in [1.82, 2.24) is 10.6 Å². The molecule has 0 radical (unpaired) electrons. The highest BCUT2D eigenvalue weighted by Gasteiger charge is 2.18. The van der Waals surface area contributed by atoms with E-state index in [1.165, 1.54) is 12.1 Å². The number of carbonyl (C=O) groups is 3. The number of amides is 2. The zero-order valence-corrected chi connectivity index (χ0v) is 12.7. The number of carbonyl (C=O) groups excluding carboxylic acids is 3. The fourth-order valence-electron chi connectivity index (χ4n) is 1.45. The minimum atomic E-state index is -1.05. The highest BCUT2D eigenvalue weighted by atomic mass is 35.5. The average Bonchev–Trinajstić information content (AvgIpc) is 2.48. The van der Waals surface area contributed by atoms with Crippen LogP contribution < -0.4 is 10.6 Å². The van der Waals surface area contributed by atoms with Crippen LogP contribution in [0.3, 0.4) is 0 Å². The summed E-state index contributed by atoms with van der Waals surface area (Å²) in [5.41, 5.74) is -0.433. The lowest BCUT2D eigenvalue weighted by Crippen LogP contribution is -2.39. The molecule has 1 aromatic carbocycles. The third-order valence-electron chi connectivity index (χ3n) is 2.52. The van der Waals surface area contributed by atoms with Gasteiger partial charge in [-0.15, -0.1) is 0 Å². The van der Waals surface area contributed by atoms with Gasteiger partial charge in [0.2, 0.25) is 5.91 Å². The van der Waals surface area contributed by atoms with Crippen molar-refractivity contribution in [2.24, 2.45) is 0 Å². The number of halogens is 2. The molecule has 0 saturated heterocycles. The van der Waals surface area contributed by atoms with E-state index in [-0.39, 0.29) is 17.5 Å². The van der Waals surface area contributed by atoms with Crippen LogP contribution in [0.25, 0.3) is 0 Å². The Labute approximate surface area is 132 Å². The standard InChI is InChI=1S/C14H16ClFN2O4/c1-2-6-17-11(19)7-18-12(20)8-22-14(21)13-9(15)4-3-5-10(13)16/h3-5H,2,6-8H2,1H3,(H,17,19)(H,18,20). The van der Waals surface area contributed by atoms with Crippen molar-refractivity contribution in [3.63, 3.8) is 0 Å². The Morgan fingerprint density at radius 2 is 1.95 bits per heavy atom. The molecule has 0 fully saturated rings. The van der Waals surface area contributed by atoms with Gasteiger partial charge < -0.3 is 15.4 Å². The topological polar surface area (TPSA) is 84.5 Å². The van der Waals surface area contributed by atoms with Gasteiger partial charge in [-0.2, -0.15) is 0 Å². The summed E-state index contributed by atoms with van der Waals surface area (Å²) in [6.45, 7) is 1.54. The van der Waals surface area contributed by atoms with Gasteiger partial charge in [-0.3, -0.25) is 9.59 Å². The van der Waals surface area contributed by atoms with E-state index in [1.54, 1.807) is 0 Å². The normalized spacial score (nSPS) is 9.95. The van der Waals surface area contributed by atoms with Gasteiger partial charge in [0, 0.05) is 6.54 Å². The first kappa shape index (κ1) is 17.9. The van der Waals surface area contributed by atoms with Crippen molar-refractivity contribution in [3.8, 4) is 0 Å². The number of esters is 1. The zero-order chi connectivity index (χ0) is 16.5. The van der Waals surface area contributed by atoms with E-state index in [0.717, 1.165) is 12.5 Å². The molecule has 1 rings (SSSR count). The maximum Gasteiger partial charge on any atom is 0.343 e. The molecule has 0 saturated carbocycles. The highest BCUT2D eigenvalue weighted by molar-refractivity contribution is 6.33. The van der Waals surface area contributed by atoms with Gasteiger partial charge in [0.15, 0.2) is 6.61 Å². The second-order valence-corrected chi connectivity index (χ2v) is 4.71. The van der Waals surface area contributed by atoms with Crippen molar-refractivity contribution in [1.29, 1.82) is 0 Å². The Morgan fingerprint density at radius 1 is 1.23 bits per heavy atom. The Morgan fingerprint density at radius 3 is 2.59 bits per heavy atom. The summed E-state index contributed by atoms with van der Waals surface area (Å²) >= 11 is 5.70. The molecule has 22 heavy (non-hydrogen) atoms. The molecule has 1 aromatic rings. The van der Waals surface area contributed by atoms with Crippen molar-refractivity contribution < 1.29 is 23.5 Å². The fraction of sp³-hybridized carbons (Fsp3) is 0.357. The summed E-state index contributed by atoms with van der Waals surface area (Å²) in [5.74, 6) is -2.91. The minimum absolute atomic E-state index is 0.107. The molecule has 0 heterocycles. The van der Waals surface area contributed by atoms with Crippen LogP contribution in [0.4, 0.5) is 4.39 Å². The maximum absolute atomic E-state index is 13.5. The molecule has 0 aliphatic rings. The fourth-order valence-corrected chi connectivity index (χ4v) is 1.69. The lowest BCUT2D eigenvalue weighted by molar-refractivity contribution is -0.127. The molecule has 6 nitrogen and oxygen atoms in total. The molecule has 0 unspecified atom stereocenters. The first-order valence-electron chi connectivity index (χ1n) is 6.60. The summed E-state index contributed by atoms with van der Waals surface area (Å²) in [5, 5.41) is 4.73. The number of hydrogen-bond acceptors (Lipinski definition) is 4. The van der Waals surface area contributed by atoms with Crippen LogP contribution in [0.2, 0.25) is 5.02 Å². The number of rotatable bonds is 7. The predicted octanol–water partition coefficient (Wildman–Crippen LogP) is 1.28. The lowest BCUT2D eigenvalue weighted by Gasteiger charge is -2.08. The smallest absolute Gasteiger partial charge is 0.343 e. The summed E-state index contributed by atoms with van der Waals surface area (Å²) in [6, 6.07) is 3.73. The first-order valence-corrected chi connectivity index (χ1v) is 6.98. The Hall–Kier alpha value is -2.15. The van der Waals surface area contributed by atoms with Crippen LogP contribution >= 0.6 is 11.6 Å². The van der Waals surface area contributed by atoms with E-state index in [4.69, 9.17) is 11.6 Å². The molecule has 2 N–H and O–H groups in total. The Balaban J connectivity index is 2.41. The molecule has 120 valence electrons. The van der Waals surface area contributed by atoms with E-state index in [9.17, 15) is 18.8 Å². The van der Waals surface area contributed by atoms with Gasteiger partial charge in [-0.05, 0) is 18.6 Å². The minimum Gasteiger partial charge on any atom is -0.452 e. The summed E-state index contributed by atoms with van der Waals surface area (Å²) in [6.07, 6.45) is 0.778. The summed E-state index contributed by atoms with van der Waals surface area (Å²) in [4.78, 5) is 34.4. The van der Waals surface area contributed by atoms with Crippen LogP contribution in [-0.4, -0.2) is 37.5 Å². The van der Waals surface area contributed by atoms with E-state index >= 15 is 0 Å². The summed E-state index contributed by atoms with van der Waals surface area (Å²) < 4.78 is 18.1. The van der Waals surface area contributed by atoms with E-state index in [1.807, 2.05) is 6.92 Å². The van der Waals surface area contributed by atoms with E-state index in [2.05, 4.69) is 15.4 Å². The van der Waals surface area contributed by atoms with Crippen molar-refractivity contribution in [3.05, 3.63) is 34.6 Å². The van der Waals surface area contributed by atoms with Gasteiger partial charge in [0.25, 0.3) is 5.91 Å².